The fourth-order valence-corrected chi connectivity index (χ4v) is 2.67. The third-order valence-corrected chi connectivity index (χ3v) is 3.49. The largest absolute Gasteiger partial charge is 0.466 e. The van der Waals surface area contributed by atoms with Crippen LogP contribution < -0.4 is 5.32 Å². The van der Waals surface area contributed by atoms with Gasteiger partial charge in [0.05, 0.1) is 19.1 Å². The Kier molecular flexibility index (Phi) is 3.94. The van der Waals surface area contributed by atoms with Gasteiger partial charge < -0.3 is 10.1 Å². The number of aliphatic imine (C=N–C) groups is 1. The van der Waals surface area contributed by atoms with Gasteiger partial charge >= 0.3 is 5.97 Å². The standard InChI is InChI=1S/C13H20N2O2/c1-3-17-13(16)7-12-9-5-4-6-11(14-2)10(9)8-15-12/h8,11-12,14H,3-7H2,1-2H3. The molecule has 1 N–H and O–H groups in total. The molecule has 2 unspecified atom stereocenters. The topological polar surface area (TPSA) is 50.7 Å². The molecule has 1 aliphatic heterocycles. The van der Waals surface area contributed by atoms with Crippen LogP contribution in [0.15, 0.2) is 16.1 Å². The van der Waals surface area contributed by atoms with Crippen molar-refractivity contribution >= 4 is 12.2 Å². The van der Waals surface area contributed by atoms with Gasteiger partial charge in [0.1, 0.15) is 0 Å². The number of carbonyl (C=O) groups excluding carboxylic acids is 1. The summed E-state index contributed by atoms with van der Waals surface area (Å²) in [5.74, 6) is -0.144. The van der Waals surface area contributed by atoms with E-state index in [1.165, 1.54) is 17.6 Å². The molecule has 0 aromatic heterocycles. The van der Waals surface area contributed by atoms with Crippen LogP contribution in [0.2, 0.25) is 0 Å². The molecule has 2 rings (SSSR count). The highest BCUT2D eigenvalue weighted by molar-refractivity contribution is 5.86. The predicted molar refractivity (Wildman–Crippen MR) is 67.3 cm³/mol. The third kappa shape index (κ3) is 2.57. The highest BCUT2D eigenvalue weighted by Crippen LogP contribution is 2.33. The van der Waals surface area contributed by atoms with Crippen molar-refractivity contribution in [1.82, 2.24) is 5.32 Å². The Morgan fingerprint density at radius 3 is 3.18 bits per heavy atom. The predicted octanol–water partition coefficient (Wildman–Crippen LogP) is 1.46. The molecule has 2 atom stereocenters. The van der Waals surface area contributed by atoms with Gasteiger partial charge in [0.25, 0.3) is 0 Å². The maximum atomic E-state index is 11.5. The second-order valence-corrected chi connectivity index (χ2v) is 4.52. The van der Waals surface area contributed by atoms with Crippen molar-refractivity contribution in [2.75, 3.05) is 13.7 Å². The van der Waals surface area contributed by atoms with Gasteiger partial charge in [0, 0.05) is 12.3 Å². The summed E-state index contributed by atoms with van der Waals surface area (Å²) in [7, 11) is 1.98. The van der Waals surface area contributed by atoms with E-state index in [0.29, 0.717) is 19.1 Å². The van der Waals surface area contributed by atoms with Crippen LogP contribution in [-0.2, 0) is 9.53 Å². The lowest BCUT2D eigenvalue weighted by molar-refractivity contribution is -0.143. The average molecular weight is 236 g/mol. The van der Waals surface area contributed by atoms with Gasteiger partial charge in [-0.05, 0) is 44.4 Å². The van der Waals surface area contributed by atoms with Gasteiger partial charge in [0.15, 0.2) is 0 Å². The normalized spacial score (nSPS) is 27.2. The molecule has 2 aliphatic rings. The summed E-state index contributed by atoms with van der Waals surface area (Å²) < 4.78 is 4.99. The molecule has 0 aromatic rings. The Morgan fingerprint density at radius 1 is 1.65 bits per heavy atom. The summed E-state index contributed by atoms with van der Waals surface area (Å²) in [6.07, 6.45) is 5.73. The van der Waals surface area contributed by atoms with Crippen LogP contribution in [0.5, 0.6) is 0 Å². The van der Waals surface area contributed by atoms with E-state index in [2.05, 4.69) is 10.3 Å². The van der Waals surface area contributed by atoms with E-state index in [0.717, 1.165) is 12.8 Å². The molecule has 0 spiro atoms. The second kappa shape index (κ2) is 5.45. The van der Waals surface area contributed by atoms with Crippen LogP contribution in [0, 0.1) is 0 Å². The number of hydrogen-bond donors (Lipinski definition) is 1. The number of carbonyl (C=O) groups is 1. The van der Waals surface area contributed by atoms with Crippen LogP contribution in [0.1, 0.15) is 32.6 Å². The van der Waals surface area contributed by atoms with E-state index in [1.807, 2.05) is 20.2 Å². The number of nitrogens with zero attached hydrogens (tertiary/aromatic N) is 1. The number of hydrogen-bond acceptors (Lipinski definition) is 4. The Morgan fingerprint density at radius 2 is 2.47 bits per heavy atom. The summed E-state index contributed by atoms with van der Waals surface area (Å²) in [6, 6.07) is 0.440. The molecular weight excluding hydrogens is 216 g/mol. The smallest absolute Gasteiger partial charge is 0.308 e. The molecule has 0 bridgehead atoms. The zero-order chi connectivity index (χ0) is 12.3. The molecule has 0 saturated heterocycles. The first-order valence-corrected chi connectivity index (χ1v) is 6.35. The molecule has 94 valence electrons. The monoisotopic (exact) mass is 236 g/mol. The van der Waals surface area contributed by atoms with Gasteiger partial charge in [-0.15, -0.1) is 0 Å². The van der Waals surface area contributed by atoms with Crippen molar-refractivity contribution in [2.45, 2.75) is 44.7 Å². The Labute approximate surface area is 102 Å². The minimum absolute atomic E-state index is 0.0280. The maximum Gasteiger partial charge on any atom is 0.308 e. The SMILES string of the molecule is CCOC(=O)CC1N=CC2=C1CCCC2NC. The summed E-state index contributed by atoms with van der Waals surface area (Å²) in [4.78, 5) is 16.0. The fraction of sp³-hybridized carbons (Fsp3) is 0.692. The summed E-state index contributed by atoms with van der Waals surface area (Å²) in [5, 5.41) is 3.31. The van der Waals surface area contributed by atoms with Crippen molar-refractivity contribution in [2.24, 2.45) is 4.99 Å². The molecule has 0 amide bonds. The lowest BCUT2D eigenvalue weighted by Crippen LogP contribution is -2.31. The van der Waals surface area contributed by atoms with E-state index in [4.69, 9.17) is 4.74 Å². The Hall–Kier alpha value is -1.16. The highest BCUT2D eigenvalue weighted by atomic mass is 16.5. The minimum atomic E-state index is -0.144. The van der Waals surface area contributed by atoms with Gasteiger partial charge in [-0.2, -0.15) is 0 Å². The second-order valence-electron chi connectivity index (χ2n) is 4.52. The van der Waals surface area contributed by atoms with E-state index in [9.17, 15) is 4.79 Å². The molecule has 4 heteroatoms. The van der Waals surface area contributed by atoms with E-state index in [-0.39, 0.29) is 12.0 Å². The van der Waals surface area contributed by atoms with Gasteiger partial charge in [-0.25, -0.2) is 0 Å². The highest BCUT2D eigenvalue weighted by Gasteiger charge is 2.30. The molecule has 0 aromatic carbocycles. The molecule has 17 heavy (non-hydrogen) atoms. The molecule has 0 radical (unpaired) electrons. The van der Waals surface area contributed by atoms with Crippen LogP contribution in [0.4, 0.5) is 0 Å². The number of esters is 1. The van der Waals surface area contributed by atoms with Crippen LogP contribution in [-0.4, -0.2) is 37.9 Å². The van der Waals surface area contributed by atoms with Crippen molar-refractivity contribution in [3.63, 3.8) is 0 Å². The van der Waals surface area contributed by atoms with Crippen molar-refractivity contribution in [1.29, 1.82) is 0 Å². The van der Waals surface area contributed by atoms with Crippen LogP contribution >= 0.6 is 0 Å². The zero-order valence-electron chi connectivity index (χ0n) is 10.5. The zero-order valence-corrected chi connectivity index (χ0v) is 10.5. The number of likely N-dealkylation sites (N-methyl/N-ethyl adjacent to an activating group) is 1. The fourth-order valence-electron chi connectivity index (χ4n) is 2.67. The number of rotatable bonds is 4. The maximum absolute atomic E-state index is 11.5. The average Bonchev–Trinajstić information content (AvgIpc) is 2.73. The summed E-state index contributed by atoms with van der Waals surface area (Å²) in [5.41, 5.74) is 2.64. The lowest BCUT2D eigenvalue weighted by Gasteiger charge is -2.25. The summed E-state index contributed by atoms with van der Waals surface area (Å²) in [6.45, 7) is 2.28. The first-order chi connectivity index (χ1) is 8.26. The lowest BCUT2D eigenvalue weighted by atomic mass is 9.86. The van der Waals surface area contributed by atoms with Crippen molar-refractivity contribution in [3.05, 3.63) is 11.1 Å². The third-order valence-electron chi connectivity index (χ3n) is 3.49. The minimum Gasteiger partial charge on any atom is -0.466 e. The number of ether oxygens (including phenoxy) is 1. The first kappa shape index (κ1) is 12.3. The molecule has 4 nitrogen and oxygen atoms in total. The van der Waals surface area contributed by atoms with E-state index < -0.39 is 0 Å². The molecule has 0 saturated carbocycles. The van der Waals surface area contributed by atoms with Crippen molar-refractivity contribution < 1.29 is 9.53 Å². The van der Waals surface area contributed by atoms with E-state index in [1.54, 1.807) is 0 Å². The van der Waals surface area contributed by atoms with Gasteiger partial charge in [0.2, 0.25) is 0 Å². The van der Waals surface area contributed by atoms with E-state index >= 15 is 0 Å². The van der Waals surface area contributed by atoms with Gasteiger partial charge in [-0.1, -0.05) is 0 Å². The molecule has 1 aliphatic carbocycles. The molecular formula is C13H20N2O2. The first-order valence-electron chi connectivity index (χ1n) is 6.35. The van der Waals surface area contributed by atoms with Crippen LogP contribution in [0.25, 0.3) is 0 Å². The Bertz CT molecular complexity index is 360. The number of nitrogens with one attached hydrogen (secondary N) is 1. The van der Waals surface area contributed by atoms with Crippen LogP contribution in [0.3, 0.4) is 0 Å². The van der Waals surface area contributed by atoms with Gasteiger partial charge in [-0.3, -0.25) is 9.79 Å². The molecule has 1 heterocycles. The van der Waals surface area contributed by atoms with Crippen molar-refractivity contribution in [3.8, 4) is 0 Å². The quantitative estimate of drug-likeness (QED) is 0.752. The molecule has 0 fully saturated rings. The summed E-state index contributed by atoms with van der Waals surface area (Å²) >= 11 is 0. The Balaban J connectivity index is 2.05.